The summed E-state index contributed by atoms with van der Waals surface area (Å²) < 4.78 is 27.3. The maximum absolute atomic E-state index is 12.7. The van der Waals surface area contributed by atoms with Crippen LogP contribution in [0.25, 0.3) is 0 Å². The van der Waals surface area contributed by atoms with Crippen molar-refractivity contribution in [1.82, 2.24) is 14.2 Å². The number of hydrogen-bond acceptors (Lipinski definition) is 6. The van der Waals surface area contributed by atoms with Gasteiger partial charge in [-0.15, -0.1) is 11.3 Å². The Bertz CT molecular complexity index is 1130. The van der Waals surface area contributed by atoms with E-state index in [1.165, 1.54) is 15.4 Å². The Kier molecular flexibility index (Phi) is 6.94. The summed E-state index contributed by atoms with van der Waals surface area (Å²) in [4.78, 5) is 26.7. The molecule has 0 N–H and O–H groups in total. The van der Waals surface area contributed by atoms with Gasteiger partial charge in [-0.3, -0.25) is 9.59 Å². The van der Waals surface area contributed by atoms with E-state index in [-0.39, 0.29) is 42.0 Å². The van der Waals surface area contributed by atoms with Crippen molar-refractivity contribution in [2.24, 2.45) is 5.10 Å². The van der Waals surface area contributed by atoms with Gasteiger partial charge in [0.05, 0.1) is 16.6 Å². The van der Waals surface area contributed by atoms with E-state index in [0.29, 0.717) is 30.4 Å². The highest BCUT2D eigenvalue weighted by molar-refractivity contribution is 7.91. The molecule has 0 saturated carbocycles. The molecule has 170 valence electrons. The topological polar surface area (TPSA) is 90.4 Å². The van der Waals surface area contributed by atoms with E-state index < -0.39 is 10.0 Å². The highest BCUT2D eigenvalue weighted by atomic mass is 35.5. The van der Waals surface area contributed by atoms with Crippen LogP contribution in [0.4, 0.5) is 0 Å². The lowest BCUT2D eigenvalue weighted by Gasteiger charge is -2.33. The predicted octanol–water partition coefficient (Wildman–Crippen LogP) is 2.65. The number of amides is 2. The molecule has 2 aromatic rings. The third-order valence-electron chi connectivity index (χ3n) is 5.48. The number of thiophene rings is 1. The molecule has 0 spiro atoms. The monoisotopic (exact) mass is 494 g/mol. The van der Waals surface area contributed by atoms with E-state index in [4.69, 9.17) is 11.6 Å². The highest BCUT2D eigenvalue weighted by Gasteiger charge is 2.31. The van der Waals surface area contributed by atoms with E-state index in [0.717, 1.165) is 22.6 Å². The van der Waals surface area contributed by atoms with Gasteiger partial charge in [0.25, 0.3) is 10.0 Å². The molecule has 1 aromatic heterocycles. The number of carbonyl (C=O) groups excluding carboxylic acids is 2. The SMILES string of the molecule is O=C(CCC(=O)N1CCC(c2ccccc2)=N1)N1CCN(S(=O)(=O)c2ccc(Cl)s2)CC1. The molecule has 8 nitrogen and oxygen atoms in total. The van der Waals surface area contributed by atoms with Crippen LogP contribution >= 0.6 is 22.9 Å². The minimum Gasteiger partial charge on any atom is -0.340 e. The molecule has 2 amide bonds. The largest absolute Gasteiger partial charge is 0.340 e. The first-order chi connectivity index (χ1) is 15.3. The number of piperazine rings is 1. The molecule has 0 aliphatic carbocycles. The van der Waals surface area contributed by atoms with Crippen molar-refractivity contribution in [1.29, 1.82) is 0 Å². The molecule has 32 heavy (non-hydrogen) atoms. The highest BCUT2D eigenvalue weighted by Crippen LogP contribution is 2.28. The smallest absolute Gasteiger partial charge is 0.252 e. The van der Waals surface area contributed by atoms with Crippen molar-refractivity contribution < 1.29 is 18.0 Å². The second-order valence-corrected chi connectivity index (χ2v) is 11.4. The average molecular weight is 495 g/mol. The summed E-state index contributed by atoms with van der Waals surface area (Å²) in [6.07, 6.45) is 0.852. The predicted molar refractivity (Wildman–Crippen MR) is 123 cm³/mol. The van der Waals surface area contributed by atoms with Crippen molar-refractivity contribution in [2.45, 2.75) is 23.5 Å². The molecule has 0 atom stereocenters. The molecule has 2 aliphatic heterocycles. The Morgan fingerprint density at radius 3 is 2.28 bits per heavy atom. The van der Waals surface area contributed by atoms with Gasteiger partial charge in [-0.1, -0.05) is 41.9 Å². The summed E-state index contributed by atoms with van der Waals surface area (Å²) in [7, 11) is -3.60. The van der Waals surface area contributed by atoms with Gasteiger partial charge in [0.15, 0.2) is 0 Å². The van der Waals surface area contributed by atoms with E-state index in [2.05, 4.69) is 5.10 Å². The van der Waals surface area contributed by atoms with Gasteiger partial charge in [-0.25, -0.2) is 13.4 Å². The average Bonchev–Trinajstić information content (AvgIpc) is 3.48. The second-order valence-electron chi connectivity index (χ2n) is 7.52. The molecule has 4 rings (SSSR count). The van der Waals surface area contributed by atoms with Crippen molar-refractivity contribution in [3.05, 3.63) is 52.4 Å². The van der Waals surface area contributed by atoms with E-state index in [1.54, 1.807) is 11.0 Å². The lowest BCUT2D eigenvalue weighted by Crippen LogP contribution is -2.50. The van der Waals surface area contributed by atoms with Gasteiger partial charge in [0.2, 0.25) is 11.8 Å². The molecule has 11 heteroatoms. The van der Waals surface area contributed by atoms with Crippen LogP contribution < -0.4 is 0 Å². The summed E-state index contributed by atoms with van der Waals surface area (Å²) >= 11 is 6.88. The normalized spacial score (nSPS) is 17.5. The summed E-state index contributed by atoms with van der Waals surface area (Å²) in [6.45, 7) is 1.54. The number of halogens is 1. The molecule has 1 aromatic carbocycles. The quantitative estimate of drug-likeness (QED) is 0.617. The van der Waals surface area contributed by atoms with Crippen molar-refractivity contribution in [2.75, 3.05) is 32.7 Å². The number of hydrazone groups is 1. The minimum absolute atomic E-state index is 0.0800. The molecular formula is C21H23ClN4O4S2. The van der Waals surface area contributed by atoms with Crippen LogP contribution in [-0.2, 0) is 19.6 Å². The molecule has 3 heterocycles. The van der Waals surface area contributed by atoms with Crippen LogP contribution in [0.3, 0.4) is 0 Å². The number of hydrogen-bond donors (Lipinski definition) is 0. The van der Waals surface area contributed by atoms with Gasteiger partial charge in [0.1, 0.15) is 4.21 Å². The minimum atomic E-state index is -3.60. The first-order valence-electron chi connectivity index (χ1n) is 10.3. The van der Waals surface area contributed by atoms with E-state index >= 15 is 0 Å². The van der Waals surface area contributed by atoms with Crippen LogP contribution in [0, 0.1) is 0 Å². The zero-order valence-electron chi connectivity index (χ0n) is 17.3. The molecule has 2 aliphatic rings. The third-order valence-corrected chi connectivity index (χ3v) is 9.08. The molecule has 0 bridgehead atoms. The van der Waals surface area contributed by atoms with Gasteiger partial charge in [0, 0.05) is 45.4 Å². The number of rotatable bonds is 6. The molecule has 0 radical (unpaired) electrons. The Hall–Kier alpha value is -2.27. The second kappa shape index (κ2) is 9.70. The fraction of sp³-hybridized carbons (Fsp3) is 0.381. The summed E-state index contributed by atoms with van der Waals surface area (Å²) in [6, 6.07) is 12.8. The lowest BCUT2D eigenvalue weighted by molar-refractivity contribution is -0.137. The van der Waals surface area contributed by atoms with E-state index in [1.807, 2.05) is 30.3 Å². The molecule has 1 saturated heterocycles. The number of benzene rings is 1. The summed E-state index contributed by atoms with van der Waals surface area (Å²) in [5, 5.41) is 5.85. The Balaban J connectivity index is 1.26. The van der Waals surface area contributed by atoms with Gasteiger partial charge in [-0.2, -0.15) is 9.41 Å². The van der Waals surface area contributed by atoms with Gasteiger partial charge >= 0.3 is 0 Å². The Labute approximate surface area is 196 Å². The Morgan fingerprint density at radius 1 is 0.938 bits per heavy atom. The number of nitrogens with zero attached hydrogens (tertiary/aromatic N) is 4. The van der Waals surface area contributed by atoms with Gasteiger partial charge in [-0.05, 0) is 17.7 Å². The standard InChI is InChI=1S/C21H23ClN4O4S2/c22-18-6-9-21(31-18)32(29,30)25-14-12-24(13-15-25)19(27)7-8-20(28)26-11-10-17(23-26)16-4-2-1-3-5-16/h1-6,9H,7-8,10-15H2. The molecule has 1 fully saturated rings. The van der Waals surface area contributed by atoms with Crippen LogP contribution in [0.5, 0.6) is 0 Å². The van der Waals surface area contributed by atoms with E-state index in [9.17, 15) is 18.0 Å². The van der Waals surface area contributed by atoms with Crippen molar-refractivity contribution in [3.8, 4) is 0 Å². The zero-order valence-corrected chi connectivity index (χ0v) is 19.7. The first kappa shape index (κ1) is 22.9. The van der Waals surface area contributed by atoms with Gasteiger partial charge < -0.3 is 4.90 Å². The number of sulfonamides is 1. The summed E-state index contributed by atoms with van der Waals surface area (Å²) in [5.41, 5.74) is 1.87. The van der Waals surface area contributed by atoms with Crippen LogP contribution in [0.2, 0.25) is 4.34 Å². The Morgan fingerprint density at radius 2 is 1.62 bits per heavy atom. The lowest BCUT2D eigenvalue weighted by atomic mass is 10.1. The molecule has 0 unspecified atom stereocenters. The first-order valence-corrected chi connectivity index (χ1v) is 12.9. The van der Waals surface area contributed by atoms with Crippen molar-refractivity contribution in [3.63, 3.8) is 0 Å². The third kappa shape index (κ3) is 5.03. The van der Waals surface area contributed by atoms with Crippen LogP contribution in [0.1, 0.15) is 24.8 Å². The van der Waals surface area contributed by atoms with Crippen LogP contribution in [-0.4, -0.2) is 72.9 Å². The fourth-order valence-electron chi connectivity index (χ4n) is 3.71. The van der Waals surface area contributed by atoms with Crippen LogP contribution in [0.15, 0.2) is 51.8 Å². The van der Waals surface area contributed by atoms with Crippen molar-refractivity contribution >= 4 is 50.5 Å². The fourth-order valence-corrected chi connectivity index (χ4v) is 6.77. The maximum Gasteiger partial charge on any atom is 0.252 e. The maximum atomic E-state index is 12.7. The summed E-state index contributed by atoms with van der Waals surface area (Å²) in [5.74, 6) is -0.332. The number of carbonyl (C=O) groups is 2. The molecular weight excluding hydrogens is 472 g/mol. The zero-order chi connectivity index (χ0) is 22.7.